The number of nitrogens with zero attached hydrogens (tertiary/aromatic N) is 2. The van der Waals surface area contributed by atoms with Gasteiger partial charge in [0.2, 0.25) is 0 Å². The average Bonchev–Trinajstić information content (AvgIpc) is 2.39. The van der Waals surface area contributed by atoms with Crippen LogP contribution in [0.2, 0.25) is 0 Å². The molecule has 0 saturated carbocycles. The summed E-state index contributed by atoms with van der Waals surface area (Å²) in [4.78, 5) is 7.01. The van der Waals surface area contributed by atoms with E-state index < -0.39 is 0 Å². The molecule has 1 aromatic heterocycles. The van der Waals surface area contributed by atoms with Gasteiger partial charge in [0.15, 0.2) is 0 Å². The summed E-state index contributed by atoms with van der Waals surface area (Å²) < 4.78 is 0. The fraction of sp³-hybridized carbons (Fsp3) is 0.688. The third-order valence-electron chi connectivity index (χ3n) is 4.06. The van der Waals surface area contributed by atoms with Gasteiger partial charge in [0.1, 0.15) is 0 Å². The van der Waals surface area contributed by atoms with Crippen LogP contribution in [0.1, 0.15) is 52.3 Å². The predicted molar refractivity (Wildman–Crippen MR) is 80.1 cm³/mol. The summed E-state index contributed by atoms with van der Waals surface area (Å²) in [5.74, 6) is 0. The Morgan fingerprint density at radius 2 is 1.95 bits per heavy atom. The SMILES string of the molecule is CC(NC1CCN(C(C)(C)C)CC1)c1ccccn1. The van der Waals surface area contributed by atoms with Crippen molar-refractivity contribution >= 4 is 0 Å². The molecular weight excluding hydrogens is 234 g/mol. The molecule has 0 spiro atoms. The van der Waals surface area contributed by atoms with E-state index in [1.54, 1.807) is 0 Å². The number of hydrogen-bond acceptors (Lipinski definition) is 3. The van der Waals surface area contributed by atoms with Crippen molar-refractivity contribution in [2.75, 3.05) is 13.1 Å². The first-order chi connectivity index (χ1) is 8.97. The van der Waals surface area contributed by atoms with Gasteiger partial charge in [-0.15, -0.1) is 0 Å². The molecule has 19 heavy (non-hydrogen) atoms. The van der Waals surface area contributed by atoms with Gasteiger partial charge in [0.05, 0.1) is 5.69 Å². The molecule has 3 nitrogen and oxygen atoms in total. The molecule has 0 aliphatic carbocycles. The van der Waals surface area contributed by atoms with Crippen LogP contribution in [0, 0.1) is 0 Å². The van der Waals surface area contributed by atoms with Gasteiger partial charge in [-0.05, 0) is 52.7 Å². The van der Waals surface area contributed by atoms with Gasteiger partial charge in [-0.2, -0.15) is 0 Å². The number of aromatic nitrogens is 1. The Morgan fingerprint density at radius 1 is 1.26 bits per heavy atom. The molecular formula is C16H27N3. The van der Waals surface area contributed by atoms with Gasteiger partial charge in [-0.3, -0.25) is 9.88 Å². The first-order valence-corrected chi connectivity index (χ1v) is 7.39. The number of pyridine rings is 1. The number of piperidine rings is 1. The summed E-state index contributed by atoms with van der Waals surface area (Å²) in [6.07, 6.45) is 4.33. The van der Waals surface area contributed by atoms with Gasteiger partial charge in [0.25, 0.3) is 0 Å². The van der Waals surface area contributed by atoms with Crippen molar-refractivity contribution in [3.63, 3.8) is 0 Å². The molecule has 1 aromatic rings. The summed E-state index contributed by atoms with van der Waals surface area (Å²) in [6.45, 7) is 11.5. The summed E-state index contributed by atoms with van der Waals surface area (Å²) in [6, 6.07) is 7.09. The third-order valence-corrected chi connectivity index (χ3v) is 4.06. The van der Waals surface area contributed by atoms with Crippen LogP contribution in [0.3, 0.4) is 0 Å². The van der Waals surface area contributed by atoms with Crippen molar-refractivity contribution < 1.29 is 0 Å². The van der Waals surface area contributed by atoms with E-state index in [1.807, 2.05) is 12.3 Å². The van der Waals surface area contributed by atoms with E-state index >= 15 is 0 Å². The van der Waals surface area contributed by atoms with Crippen LogP contribution in [-0.4, -0.2) is 34.6 Å². The molecule has 2 heterocycles. The van der Waals surface area contributed by atoms with Crippen molar-refractivity contribution in [2.45, 2.75) is 58.2 Å². The Bertz CT molecular complexity index is 375. The molecule has 0 radical (unpaired) electrons. The second-order valence-corrected chi connectivity index (χ2v) is 6.58. The van der Waals surface area contributed by atoms with Crippen molar-refractivity contribution in [2.24, 2.45) is 0 Å². The maximum absolute atomic E-state index is 4.43. The zero-order chi connectivity index (χ0) is 13.9. The summed E-state index contributed by atoms with van der Waals surface area (Å²) in [7, 11) is 0. The second-order valence-electron chi connectivity index (χ2n) is 6.58. The number of nitrogens with one attached hydrogen (secondary N) is 1. The van der Waals surface area contributed by atoms with Crippen LogP contribution >= 0.6 is 0 Å². The van der Waals surface area contributed by atoms with E-state index in [0.717, 1.165) is 5.69 Å². The molecule has 1 aliphatic heterocycles. The molecule has 2 rings (SSSR count). The summed E-state index contributed by atoms with van der Waals surface area (Å²) in [5, 5.41) is 3.72. The molecule has 0 amide bonds. The van der Waals surface area contributed by atoms with E-state index in [0.29, 0.717) is 17.6 Å². The Hall–Kier alpha value is -0.930. The minimum absolute atomic E-state index is 0.303. The maximum atomic E-state index is 4.43. The molecule has 1 saturated heterocycles. The van der Waals surface area contributed by atoms with Crippen LogP contribution < -0.4 is 5.32 Å². The minimum atomic E-state index is 0.303. The zero-order valence-corrected chi connectivity index (χ0v) is 12.7. The lowest BCUT2D eigenvalue weighted by atomic mass is 9.97. The Morgan fingerprint density at radius 3 is 2.47 bits per heavy atom. The lowest BCUT2D eigenvalue weighted by Crippen LogP contribution is -2.50. The fourth-order valence-electron chi connectivity index (χ4n) is 2.79. The summed E-state index contributed by atoms with van der Waals surface area (Å²) in [5.41, 5.74) is 1.44. The predicted octanol–water partition coefficient (Wildman–Crippen LogP) is 3.00. The molecule has 1 atom stereocenters. The number of hydrogen-bond donors (Lipinski definition) is 1. The van der Waals surface area contributed by atoms with Gasteiger partial charge in [-0.1, -0.05) is 6.07 Å². The van der Waals surface area contributed by atoms with Crippen molar-refractivity contribution in [3.05, 3.63) is 30.1 Å². The lowest BCUT2D eigenvalue weighted by molar-refractivity contribution is 0.0941. The highest BCUT2D eigenvalue weighted by atomic mass is 15.2. The maximum Gasteiger partial charge on any atom is 0.0570 e. The molecule has 1 unspecified atom stereocenters. The van der Waals surface area contributed by atoms with Crippen molar-refractivity contribution in [1.82, 2.24) is 15.2 Å². The van der Waals surface area contributed by atoms with Gasteiger partial charge >= 0.3 is 0 Å². The van der Waals surface area contributed by atoms with Gasteiger partial charge in [-0.25, -0.2) is 0 Å². The van der Waals surface area contributed by atoms with Gasteiger partial charge in [0, 0.05) is 36.9 Å². The quantitative estimate of drug-likeness (QED) is 0.906. The average molecular weight is 261 g/mol. The molecule has 0 bridgehead atoms. The van der Waals surface area contributed by atoms with Crippen LogP contribution in [0.15, 0.2) is 24.4 Å². The summed E-state index contributed by atoms with van der Waals surface area (Å²) >= 11 is 0. The normalized spacial score (nSPS) is 20.4. The van der Waals surface area contributed by atoms with Crippen LogP contribution in [0.5, 0.6) is 0 Å². The number of rotatable bonds is 3. The topological polar surface area (TPSA) is 28.2 Å². The Kier molecular flexibility index (Phi) is 4.58. The standard InChI is InChI=1S/C16H27N3/c1-13(15-7-5-6-10-17-15)18-14-8-11-19(12-9-14)16(2,3)4/h5-7,10,13-14,18H,8-9,11-12H2,1-4H3. The Balaban J connectivity index is 1.83. The van der Waals surface area contributed by atoms with Crippen molar-refractivity contribution in [3.8, 4) is 0 Å². The van der Waals surface area contributed by atoms with E-state index in [-0.39, 0.29) is 0 Å². The lowest BCUT2D eigenvalue weighted by Gasteiger charge is -2.41. The van der Waals surface area contributed by atoms with Crippen LogP contribution in [-0.2, 0) is 0 Å². The van der Waals surface area contributed by atoms with E-state index in [4.69, 9.17) is 0 Å². The third kappa shape index (κ3) is 4.02. The Labute approximate surface area is 117 Å². The molecule has 1 N–H and O–H groups in total. The number of likely N-dealkylation sites (tertiary alicyclic amines) is 1. The van der Waals surface area contributed by atoms with E-state index in [1.165, 1.54) is 25.9 Å². The molecule has 1 fully saturated rings. The molecule has 106 valence electrons. The monoisotopic (exact) mass is 261 g/mol. The zero-order valence-electron chi connectivity index (χ0n) is 12.7. The highest BCUT2D eigenvalue weighted by Crippen LogP contribution is 2.21. The van der Waals surface area contributed by atoms with Crippen molar-refractivity contribution in [1.29, 1.82) is 0 Å². The second kappa shape index (κ2) is 6.02. The van der Waals surface area contributed by atoms with Crippen LogP contribution in [0.4, 0.5) is 0 Å². The molecule has 3 heteroatoms. The largest absolute Gasteiger partial charge is 0.306 e. The highest BCUT2D eigenvalue weighted by Gasteiger charge is 2.27. The van der Waals surface area contributed by atoms with Gasteiger partial charge < -0.3 is 5.32 Å². The first kappa shape index (κ1) is 14.5. The fourth-order valence-corrected chi connectivity index (χ4v) is 2.79. The first-order valence-electron chi connectivity index (χ1n) is 7.39. The van der Waals surface area contributed by atoms with E-state index in [9.17, 15) is 0 Å². The highest BCUT2D eigenvalue weighted by molar-refractivity contribution is 5.08. The van der Waals surface area contributed by atoms with Crippen LogP contribution in [0.25, 0.3) is 0 Å². The molecule has 0 aromatic carbocycles. The molecule has 1 aliphatic rings. The van der Waals surface area contributed by atoms with E-state index in [2.05, 4.69) is 55.0 Å². The smallest absolute Gasteiger partial charge is 0.0570 e. The minimum Gasteiger partial charge on any atom is -0.306 e.